The monoisotopic (exact) mass is 494 g/mol. The van der Waals surface area contributed by atoms with Crippen LogP contribution < -0.4 is 10.2 Å². The molecule has 0 unspecified atom stereocenters. The highest BCUT2D eigenvalue weighted by Crippen LogP contribution is 2.42. The van der Waals surface area contributed by atoms with Gasteiger partial charge in [-0.2, -0.15) is 0 Å². The highest BCUT2D eigenvalue weighted by Gasteiger charge is 2.41. The minimum Gasteiger partial charge on any atom is -0.351 e. The van der Waals surface area contributed by atoms with Crippen LogP contribution in [0.5, 0.6) is 0 Å². The van der Waals surface area contributed by atoms with E-state index in [4.69, 9.17) is 12.2 Å². The molecule has 2 aromatic heterocycles. The maximum absolute atomic E-state index is 5.85. The largest absolute Gasteiger partial charge is 0.351 e. The first-order chi connectivity index (χ1) is 15.1. The molecular formula is C25H27BrN4S. The van der Waals surface area contributed by atoms with Gasteiger partial charge in [-0.15, -0.1) is 0 Å². The van der Waals surface area contributed by atoms with E-state index in [1.165, 1.54) is 43.2 Å². The minimum atomic E-state index is -0.000131. The van der Waals surface area contributed by atoms with Crippen molar-refractivity contribution in [3.63, 3.8) is 0 Å². The van der Waals surface area contributed by atoms with Gasteiger partial charge >= 0.3 is 0 Å². The number of hydrogen-bond acceptors (Lipinski definition) is 2. The van der Waals surface area contributed by atoms with Gasteiger partial charge in [-0.25, -0.2) is 0 Å². The van der Waals surface area contributed by atoms with E-state index in [0.717, 1.165) is 21.0 Å². The lowest BCUT2D eigenvalue weighted by molar-refractivity contribution is 0.353. The quantitative estimate of drug-likeness (QED) is 0.412. The molecule has 1 aliphatic heterocycles. The molecule has 31 heavy (non-hydrogen) atoms. The van der Waals surface area contributed by atoms with Gasteiger partial charge in [0.1, 0.15) is 0 Å². The Hall–Kier alpha value is -2.18. The predicted octanol–water partition coefficient (Wildman–Crippen LogP) is 6.64. The van der Waals surface area contributed by atoms with Crippen molar-refractivity contribution < 1.29 is 0 Å². The summed E-state index contributed by atoms with van der Waals surface area (Å²) < 4.78 is 3.53. The highest BCUT2D eigenvalue weighted by atomic mass is 79.9. The fourth-order valence-electron chi connectivity index (χ4n) is 4.96. The zero-order valence-corrected chi connectivity index (χ0v) is 20.1. The van der Waals surface area contributed by atoms with Crippen LogP contribution >= 0.6 is 28.1 Å². The normalized spacial score (nSPS) is 22.0. The minimum absolute atomic E-state index is 0.000131. The van der Waals surface area contributed by atoms with Crippen molar-refractivity contribution in [2.24, 2.45) is 0 Å². The Morgan fingerprint density at radius 1 is 1.10 bits per heavy atom. The predicted molar refractivity (Wildman–Crippen MR) is 133 cm³/mol. The summed E-state index contributed by atoms with van der Waals surface area (Å²) in [4.78, 5) is 6.92. The topological polar surface area (TPSA) is 33.1 Å². The van der Waals surface area contributed by atoms with Crippen molar-refractivity contribution in [3.05, 3.63) is 82.3 Å². The SMILES string of the molecule is Cc1cc(N2C(=S)N[C@H](c3ccccn3)[C@@H]2c2ccn(C3CCCCC3)c2)ccc1Br. The van der Waals surface area contributed by atoms with Crippen molar-refractivity contribution in [2.45, 2.75) is 57.2 Å². The van der Waals surface area contributed by atoms with E-state index < -0.39 is 0 Å². The summed E-state index contributed by atoms with van der Waals surface area (Å²) in [5, 5.41) is 4.31. The Labute approximate surface area is 197 Å². The van der Waals surface area contributed by atoms with Crippen LogP contribution in [0.1, 0.15) is 67.1 Å². The average Bonchev–Trinajstić information content (AvgIpc) is 3.41. The van der Waals surface area contributed by atoms with Crippen molar-refractivity contribution in [1.82, 2.24) is 14.9 Å². The van der Waals surface area contributed by atoms with Crippen molar-refractivity contribution in [2.75, 3.05) is 4.90 Å². The van der Waals surface area contributed by atoms with Gasteiger partial charge in [-0.05, 0) is 79.5 Å². The standard InChI is InChI=1S/C25H27BrN4S/c1-17-15-20(10-11-21(17)26)30-24(23(28-25(30)31)22-9-5-6-13-27-22)18-12-14-29(16-18)19-7-3-2-4-8-19/h5-6,9-16,19,23-24H,2-4,7-8H2,1H3,(H,28,31)/t23-,24+/m1/s1. The van der Waals surface area contributed by atoms with Crippen LogP contribution in [0.2, 0.25) is 0 Å². The van der Waals surface area contributed by atoms with Gasteiger partial charge in [-0.1, -0.05) is 41.3 Å². The molecule has 0 radical (unpaired) electrons. The molecule has 1 saturated heterocycles. The van der Waals surface area contributed by atoms with E-state index >= 15 is 0 Å². The van der Waals surface area contributed by atoms with Gasteiger partial charge in [0.25, 0.3) is 0 Å². The fourth-order valence-corrected chi connectivity index (χ4v) is 5.55. The van der Waals surface area contributed by atoms with Crippen LogP contribution in [0.3, 0.4) is 0 Å². The third kappa shape index (κ3) is 4.03. The number of nitrogens with one attached hydrogen (secondary N) is 1. The highest BCUT2D eigenvalue weighted by molar-refractivity contribution is 9.10. The summed E-state index contributed by atoms with van der Waals surface area (Å²) in [5.74, 6) is 0. The van der Waals surface area contributed by atoms with Crippen LogP contribution in [-0.2, 0) is 0 Å². The molecule has 2 aliphatic rings. The molecule has 0 bridgehead atoms. The number of hydrogen-bond donors (Lipinski definition) is 1. The van der Waals surface area contributed by atoms with Crippen LogP contribution in [0.25, 0.3) is 0 Å². The Kier molecular flexibility index (Phi) is 5.85. The first kappa shape index (κ1) is 20.7. The molecule has 3 aromatic rings. The maximum Gasteiger partial charge on any atom is 0.174 e. The third-order valence-electron chi connectivity index (χ3n) is 6.59. The lowest BCUT2D eigenvalue weighted by Crippen LogP contribution is -2.29. The van der Waals surface area contributed by atoms with Crippen molar-refractivity contribution in [1.29, 1.82) is 0 Å². The zero-order chi connectivity index (χ0) is 21.4. The van der Waals surface area contributed by atoms with E-state index in [1.54, 1.807) is 0 Å². The molecule has 1 aromatic carbocycles. The fraction of sp³-hybridized carbons (Fsp3) is 0.360. The van der Waals surface area contributed by atoms with Gasteiger partial charge in [0.15, 0.2) is 5.11 Å². The van der Waals surface area contributed by atoms with E-state index in [0.29, 0.717) is 6.04 Å². The van der Waals surface area contributed by atoms with E-state index in [1.807, 2.05) is 18.3 Å². The molecule has 3 heterocycles. The number of rotatable bonds is 4. The molecule has 6 heteroatoms. The van der Waals surface area contributed by atoms with Crippen LogP contribution in [-0.4, -0.2) is 14.7 Å². The second-order valence-corrected chi connectivity index (χ2v) is 9.86. The van der Waals surface area contributed by atoms with E-state index in [9.17, 15) is 0 Å². The molecule has 0 spiro atoms. The second kappa shape index (κ2) is 8.75. The van der Waals surface area contributed by atoms with E-state index in [2.05, 4.69) is 85.3 Å². The number of halogens is 1. The molecule has 0 amide bonds. The summed E-state index contributed by atoms with van der Waals surface area (Å²) in [5.41, 5.74) is 4.58. The number of thiocarbonyl (C=S) groups is 1. The number of aromatic nitrogens is 2. The first-order valence-electron chi connectivity index (χ1n) is 11.1. The number of pyridine rings is 1. The van der Waals surface area contributed by atoms with E-state index in [-0.39, 0.29) is 12.1 Å². The summed E-state index contributed by atoms with van der Waals surface area (Å²) in [6.07, 6.45) is 13.0. The Bertz CT molecular complexity index is 1070. The van der Waals surface area contributed by atoms with Crippen LogP contribution in [0.4, 0.5) is 5.69 Å². The Morgan fingerprint density at radius 2 is 1.94 bits per heavy atom. The number of benzene rings is 1. The first-order valence-corrected chi connectivity index (χ1v) is 12.3. The molecule has 4 nitrogen and oxygen atoms in total. The van der Waals surface area contributed by atoms with Gasteiger partial charge in [0.05, 0.1) is 17.8 Å². The van der Waals surface area contributed by atoms with Crippen LogP contribution in [0.15, 0.2) is 65.5 Å². The van der Waals surface area contributed by atoms with Crippen molar-refractivity contribution >= 4 is 38.9 Å². The number of anilines is 1. The zero-order valence-electron chi connectivity index (χ0n) is 17.7. The summed E-state index contributed by atoms with van der Waals surface area (Å²) in [6.45, 7) is 2.12. The lowest BCUT2D eigenvalue weighted by atomic mass is 9.95. The van der Waals surface area contributed by atoms with Gasteiger partial charge in [0.2, 0.25) is 0 Å². The molecule has 1 saturated carbocycles. The number of aryl methyl sites for hydroxylation is 1. The van der Waals surface area contributed by atoms with Crippen molar-refractivity contribution in [3.8, 4) is 0 Å². The summed E-state index contributed by atoms with van der Waals surface area (Å²) in [6, 6.07) is 15.5. The molecule has 2 atom stereocenters. The molecule has 1 N–H and O–H groups in total. The second-order valence-electron chi connectivity index (χ2n) is 8.61. The molecule has 2 fully saturated rings. The summed E-state index contributed by atoms with van der Waals surface area (Å²) >= 11 is 9.48. The molecule has 5 rings (SSSR count). The third-order valence-corrected chi connectivity index (χ3v) is 7.80. The van der Waals surface area contributed by atoms with Gasteiger partial charge < -0.3 is 14.8 Å². The lowest BCUT2D eigenvalue weighted by Gasteiger charge is -2.28. The Balaban J connectivity index is 1.56. The summed E-state index contributed by atoms with van der Waals surface area (Å²) in [7, 11) is 0. The maximum atomic E-state index is 5.85. The molecule has 1 aliphatic carbocycles. The smallest absolute Gasteiger partial charge is 0.174 e. The molecular weight excluding hydrogens is 468 g/mol. The van der Waals surface area contributed by atoms with Gasteiger partial charge in [0, 0.05) is 34.8 Å². The van der Waals surface area contributed by atoms with Crippen LogP contribution in [0, 0.1) is 6.92 Å². The number of nitrogens with zero attached hydrogens (tertiary/aromatic N) is 3. The van der Waals surface area contributed by atoms with Gasteiger partial charge in [-0.3, -0.25) is 4.98 Å². The Morgan fingerprint density at radius 3 is 2.68 bits per heavy atom. The average molecular weight is 495 g/mol. The molecule has 160 valence electrons.